The molecule has 1 aliphatic rings. The second kappa shape index (κ2) is 9.51. The predicted molar refractivity (Wildman–Crippen MR) is 132 cm³/mol. The minimum absolute atomic E-state index is 0.0399. The highest BCUT2D eigenvalue weighted by Crippen LogP contribution is 2.43. The topological polar surface area (TPSA) is 79.7 Å². The van der Waals surface area contributed by atoms with Gasteiger partial charge in [-0.1, -0.05) is 38.1 Å². The van der Waals surface area contributed by atoms with Crippen LogP contribution in [0.15, 0.2) is 72.6 Å². The lowest BCUT2D eigenvalue weighted by atomic mass is 9.95. The van der Waals surface area contributed by atoms with E-state index in [0.717, 1.165) is 11.1 Å². The SMILES string of the molecule is Cc1cccc(N2C(=O)C(=O)/C(=C(/O)c3cccc(OCC(C)C)c3)C2c2ccncc2)c1C. The number of hydrogen-bond acceptors (Lipinski definition) is 5. The molecule has 0 aliphatic carbocycles. The van der Waals surface area contributed by atoms with E-state index in [1.54, 1.807) is 48.8 Å². The number of anilines is 1. The first-order valence-electron chi connectivity index (χ1n) is 11.3. The molecule has 34 heavy (non-hydrogen) atoms. The molecule has 1 fully saturated rings. The standard InChI is InChI=1S/C28H28N2O4/c1-17(2)16-34-22-9-6-8-21(15-22)26(31)24-25(20-11-13-29-14-12-20)30(28(33)27(24)32)23-10-5-7-18(3)19(23)4/h5-15,17,25,31H,16H2,1-4H3/b26-24+. The molecule has 0 spiro atoms. The number of aliphatic hydroxyl groups excluding tert-OH is 1. The summed E-state index contributed by atoms with van der Waals surface area (Å²) in [5, 5.41) is 11.3. The van der Waals surface area contributed by atoms with Crippen molar-refractivity contribution in [2.75, 3.05) is 11.5 Å². The van der Waals surface area contributed by atoms with Gasteiger partial charge in [0.25, 0.3) is 11.7 Å². The molecule has 0 bridgehead atoms. The van der Waals surface area contributed by atoms with Crippen molar-refractivity contribution in [3.8, 4) is 5.75 Å². The van der Waals surface area contributed by atoms with Crippen LogP contribution in [-0.2, 0) is 9.59 Å². The third-order valence-electron chi connectivity index (χ3n) is 5.99. The number of aliphatic hydroxyl groups is 1. The Kier molecular flexibility index (Phi) is 6.50. The fourth-order valence-electron chi connectivity index (χ4n) is 4.09. The molecule has 1 amide bonds. The molecule has 1 aliphatic heterocycles. The van der Waals surface area contributed by atoms with E-state index in [4.69, 9.17) is 4.74 Å². The van der Waals surface area contributed by atoms with E-state index in [1.807, 2.05) is 45.9 Å². The molecule has 6 nitrogen and oxygen atoms in total. The fraction of sp³-hybridized carbons (Fsp3) is 0.250. The summed E-state index contributed by atoms with van der Waals surface area (Å²) in [5.41, 5.74) is 3.67. The largest absolute Gasteiger partial charge is 0.507 e. The van der Waals surface area contributed by atoms with Gasteiger partial charge in [0.1, 0.15) is 11.5 Å². The van der Waals surface area contributed by atoms with Gasteiger partial charge in [-0.25, -0.2) is 0 Å². The number of ketones is 1. The van der Waals surface area contributed by atoms with Crippen LogP contribution >= 0.6 is 0 Å². The van der Waals surface area contributed by atoms with Gasteiger partial charge in [0.15, 0.2) is 0 Å². The van der Waals surface area contributed by atoms with E-state index in [-0.39, 0.29) is 11.3 Å². The van der Waals surface area contributed by atoms with E-state index in [2.05, 4.69) is 4.98 Å². The number of carbonyl (C=O) groups excluding carboxylic acids is 2. The average Bonchev–Trinajstić information content (AvgIpc) is 3.10. The Morgan fingerprint density at radius 3 is 2.47 bits per heavy atom. The van der Waals surface area contributed by atoms with Gasteiger partial charge in [-0.3, -0.25) is 19.5 Å². The summed E-state index contributed by atoms with van der Waals surface area (Å²) >= 11 is 0. The van der Waals surface area contributed by atoms with E-state index < -0.39 is 17.7 Å². The summed E-state index contributed by atoms with van der Waals surface area (Å²) in [5.74, 6) is -0.713. The molecule has 1 aromatic heterocycles. The number of rotatable bonds is 6. The number of aryl methyl sites for hydroxylation is 1. The van der Waals surface area contributed by atoms with Crippen molar-refractivity contribution in [3.63, 3.8) is 0 Å². The highest BCUT2D eigenvalue weighted by molar-refractivity contribution is 6.51. The Hall–Kier alpha value is -3.93. The highest BCUT2D eigenvalue weighted by Gasteiger charge is 2.47. The summed E-state index contributed by atoms with van der Waals surface area (Å²) < 4.78 is 5.80. The van der Waals surface area contributed by atoms with Crippen LogP contribution in [0, 0.1) is 19.8 Å². The predicted octanol–water partition coefficient (Wildman–Crippen LogP) is 5.36. The zero-order chi connectivity index (χ0) is 24.4. The van der Waals surface area contributed by atoms with Crippen molar-refractivity contribution in [2.24, 2.45) is 5.92 Å². The summed E-state index contributed by atoms with van der Waals surface area (Å²) in [4.78, 5) is 32.2. The molecule has 3 aromatic rings. The summed E-state index contributed by atoms with van der Waals surface area (Å²) in [7, 11) is 0. The zero-order valence-electron chi connectivity index (χ0n) is 19.8. The summed E-state index contributed by atoms with van der Waals surface area (Å²) in [6.45, 7) is 8.50. The van der Waals surface area contributed by atoms with Crippen LogP contribution in [-0.4, -0.2) is 28.4 Å². The third kappa shape index (κ3) is 4.31. The molecular formula is C28H28N2O4. The quantitative estimate of drug-likeness (QED) is 0.307. The Bertz CT molecular complexity index is 1260. The molecule has 4 rings (SSSR count). The number of aromatic nitrogens is 1. The summed E-state index contributed by atoms with van der Waals surface area (Å²) in [6, 6.07) is 15.3. The fourth-order valence-corrected chi connectivity index (χ4v) is 4.09. The second-order valence-electron chi connectivity index (χ2n) is 8.90. The van der Waals surface area contributed by atoms with Crippen LogP contribution in [0.1, 0.15) is 42.1 Å². The van der Waals surface area contributed by atoms with Gasteiger partial charge in [0.05, 0.1) is 18.2 Å². The lowest BCUT2D eigenvalue weighted by molar-refractivity contribution is -0.132. The minimum atomic E-state index is -0.788. The molecule has 1 N–H and O–H groups in total. The number of nitrogens with zero attached hydrogens (tertiary/aromatic N) is 2. The smallest absolute Gasteiger partial charge is 0.300 e. The molecule has 2 aromatic carbocycles. The first-order valence-corrected chi connectivity index (χ1v) is 11.3. The number of Topliss-reactive ketones (excluding diaryl/α,β-unsaturated/α-hetero) is 1. The molecule has 0 saturated carbocycles. The number of amides is 1. The molecule has 2 heterocycles. The second-order valence-corrected chi connectivity index (χ2v) is 8.90. The van der Waals surface area contributed by atoms with Crippen molar-refractivity contribution in [3.05, 3.63) is 94.8 Å². The normalized spacial score (nSPS) is 17.4. The Labute approximate surface area is 199 Å². The van der Waals surface area contributed by atoms with Gasteiger partial charge in [-0.15, -0.1) is 0 Å². The number of hydrogen-bond donors (Lipinski definition) is 1. The number of benzene rings is 2. The van der Waals surface area contributed by atoms with Crippen LogP contribution in [0.3, 0.4) is 0 Å². The van der Waals surface area contributed by atoms with Crippen LogP contribution in [0.5, 0.6) is 5.75 Å². The van der Waals surface area contributed by atoms with Gasteiger partial charge < -0.3 is 9.84 Å². The third-order valence-corrected chi connectivity index (χ3v) is 5.99. The molecular weight excluding hydrogens is 428 g/mol. The van der Waals surface area contributed by atoms with Gasteiger partial charge in [-0.2, -0.15) is 0 Å². The first-order chi connectivity index (χ1) is 16.3. The number of ether oxygens (including phenoxy) is 1. The number of carbonyl (C=O) groups is 2. The van der Waals surface area contributed by atoms with Crippen molar-refractivity contribution >= 4 is 23.1 Å². The molecule has 0 radical (unpaired) electrons. The molecule has 6 heteroatoms. The van der Waals surface area contributed by atoms with Gasteiger partial charge >= 0.3 is 0 Å². The maximum absolute atomic E-state index is 13.3. The minimum Gasteiger partial charge on any atom is -0.507 e. The molecule has 1 unspecified atom stereocenters. The Balaban J connectivity index is 1.88. The maximum Gasteiger partial charge on any atom is 0.300 e. The molecule has 1 saturated heterocycles. The van der Waals surface area contributed by atoms with Crippen LogP contribution in [0.25, 0.3) is 5.76 Å². The Morgan fingerprint density at radius 1 is 1.06 bits per heavy atom. The number of pyridine rings is 1. The van der Waals surface area contributed by atoms with Gasteiger partial charge in [0.2, 0.25) is 0 Å². The first kappa shape index (κ1) is 23.2. The highest BCUT2D eigenvalue weighted by atomic mass is 16.5. The van der Waals surface area contributed by atoms with Crippen LogP contribution in [0.4, 0.5) is 5.69 Å². The lowest BCUT2D eigenvalue weighted by Crippen LogP contribution is -2.30. The van der Waals surface area contributed by atoms with Gasteiger partial charge in [0, 0.05) is 23.6 Å². The van der Waals surface area contributed by atoms with E-state index in [1.165, 1.54) is 4.90 Å². The van der Waals surface area contributed by atoms with E-state index in [0.29, 0.717) is 35.1 Å². The monoisotopic (exact) mass is 456 g/mol. The lowest BCUT2D eigenvalue weighted by Gasteiger charge is -2.27. The zero-order valence-corrected chi connectivity index (χ0v) is 19.8. The average molecular weight is 457 g/mol. The van der Waals surface area contributed by atoms with Gasteiger partial charge in [-0.05, 0) is 66.8 Å². The van der Waals surface area contributed by atoms with Crippen molar-refractivity contribution in [1.82, 2.24) is 4.98 Å². The van der Waals surface area contributed by atoms with Crippen LogP contribution in [0.2, 0.25) is 0 Å². The van der Waals surface area contributed by atoms with E-state index >= 15 is 0 Å². The van der Waals surface area contributed by atoms with E-state index in [9.17, 15) is 14.7 Å². The van der Waals surface area contributed by atoms with Crippen molar-refractivity contribution in [2.45, 2.75) is 33.7 Å². The van der Waals surface area contributed by atoms with Crippen LogP contribution < -0.4 is 9.64 Å². The van der Waals surface area contributed by atoms with Crippen molar-refractivity contribution in [1.29, 1.82) is 0 Å². The molecule has 1 atom stereocenters. The Morgan fingerprint density at radius 2 is 1.76 bits per heavy atom. The van der Waals surface area contributed by atoms with Crippen molar-refractivity contribution < 1.29 is 19.4 Å². The molecule has 174 valence electrons. The summed E-state index contributed by atoms with van der Waals surface area (Å²) in [6.07, 6.45) is 3.22. The maximum atomic E-state index is 13.3.